The van der Waals surface area contributed by atoms with Gasteiger partial charge in [0.25, 0.3) is 5.08 Å². The predicted octanol–water partition coefficient (Wildman–Crippen LogP) is 0.612. The molecular formula is C15H24N2O9P2. The van der Waals surface area contributed by atoms with Crippen LogP contribution in [-0.2, 0) is 18.7 Å². The Morgan fingerprint density at radius 2 is 1.46 bits per heavy atom. The number of anilines is 1. The van der Waals surface area contributed by atoms with Crippen LogP contribution in [0.5, 0.6) is 0 Å². The van der Waals surface area contributed by atoms with Gasteiger partial charge in [0.2, 0.25) is 11.8 Å². The zero-order valence-corrected chi connectivity index (χ0v) is 16.9. The summed E-state index contributed by atoms with van der Waals surface area (Å²) in [6.07, 6.45) is -0.895. The minimum Gasteiger partial charge on any atom is -0.367 e. The van der Waals surface area contributed by atoms with Gasteiger partial charge in [-0.2, -0.15) is 0 Å². The van der Waals surface area contributed by atoms with Crippen LogP contribution in [0.25, 0.3) is 0 Å². The molecule has 1 aromatic carbocycles. The molecule has 1 rings (SSSR count). The first-order valence-electron chi connectivity index (χ1n) is 8.23. The molecule has 1 aromatic rings. The maximum atomic E-state index is 11.8. The van der Waals surface area contributed by atoms with Crippen molar-refractivity contribution in [2.75, 3.05) is 11.9 Å². The summed E-state index contributed by atoms with van der Waals surface area (Å²) in [7, 11) is -11.1. The van der Waals surface area contributed by atoms with E-state index >= 15 is 0 Å². The highest BCUT2D eigenvalue weighted by Gasteiger charge is 2.58. The number of aliphatic hydroxyl groups is 1. The molecule has 0 aliphatic carbocycles. The first kappa shape index (κ1) is 24.5. The van der Waals surface area contributed by atoms with E-state index in [4.69, 9.17) is 19.6 Å². The quantitative estimate of drug-likeness (QED) is 0.256. The van der Waals surface area contributed by atoms with E-state index < -0.39 is 39.1 Å². The van der Waals surface area contributed by atoms with Crippen molar-refractivity contribution < 1.29 is 43.4 Å². The molecule has 0 fully saturated rings. The van der Waals surface area contributed by atoms with Crippen molar-refractivity contribution in [1.29, 1.82) is 0 Å². The molecule has 0 radical (unpaired) electrons. The second-order valence-corrected chi connectivity index (χ2v) is 10.2. The van der Waals surface area contributed by atoms with Crippen molar-refractivity contribution in [2.24, 2.45) is 0 Å². The Morgan fingerprint density at radius 3 is 1.96 bits per heavy atom. The normalized spacial score (nSPS) is 12.5. The lowest BCUT2D eigenvalue weighted by molar-refractivity contribution is -0.121. The summed E-state index contributed by atoms with van der Waals surface area (Å²) in [5, 5.41) is 11.0. The van der Waals surface area contributed by atoms with Crippen molar-refractivity contribution in [3.8, 4) is 0 Å². The standard InChI is InChI=1S/C15H24N2O9P2/c1-11-5-7-12(8-6-11)17-14(19)4-2-3-13(18)16-10-9-15(20,27(21,22)23)28(24,25)26/h5-8,20H,2-4,9-10H2,1H3,(H,16,18)(H,17,19)(H2,21,22,23)(H2,24,25,26). The van der Waals surface area contributed by atoms with Crippen LogP contribution in [0.2, 0.25) is 0 Å². The molecule has 2 amide bonds. The fourth-order valence-electron chi connectivity index (χ4n) is 2.19. The Kier molecular flexibility index (Phi) is 8.52. The third-order valence-electron chi connectivity index (χ3n) is 3.86. The zero-order valence-electron chi connectivity index (χ0n) is 15.1. The number of hydrogen-bond acceptors (Lipinski definition) is 5. The molecule has 0 bridgehead atoms. The largest absolute Gasteiger partial charge is 0.369 e. The number of carbonyl (C=O) groups excluding carboxylic acids is 2. The summed E-state index contributed by atoms with van der Waals surface area (Å²) < 4.78 is 22.4. The monoisotopic (exact) mass is 438 g/mol. The van der Waals surface area contributed by atoms with Gasteiger partial charge in [0.05, 0.1) is 0 Å². The molecule has 0 atom stereocenters. The lowest BCUT2D eigenvalue weighted by Gasteiger charge is -2.29. The van der Waals surface area contributed by atoms with Gasteiger partial charge >= 0.3 is 15.2 Å². The first-order chi connectivity index (χ1) is 12.8. The summed E-state index contributed by atoms with van der Waals surface area (Å²) >= 11 is 0. The molecule has 11 nitrogen and oxygen atoms in total. The van der Waals surface area contributed by atoms with Gasteiger partial charge in [-0.1, -0.05) is 17.7 Å². The van der Waals surface area contributed by atoms with E-state index in [1.165, 1.54) is 0 Å². The second kappa shape index (κ2) is 9.76. The van der Waals surface area contributed by atoms with Gasteiger partial charge in [-0.05, 0) is 25.5 Å². The second-order valence-electron chi connectivity index (χ2n) is 6.23. The number of hydrogen-bond donors (Lipinski definition) is 7. The van der Waals surface area contributed by atoms with Crippen molar-refractivity contribution >= 4 is 32.7 Å². The highest BCUT2D eigenvalue weighted by atomic mass is 31.2. The summed E-state index contributed by atoms with van der Waals surface area (Å²) in [5.74, 6) is -0.893. The average molecular weight is 438 g/mol. The van der Waals surface area contributed by atoms with Crippen molar-refractivity contribution in [3.05, 3.63) is 29.8 Å². The number of amides is 2. The Balaban J connectivity index is 2.38. The van der Waals surface area contributed by atoms with Gasteiger partial charge in [-0.3, -0.25) is 18.7 Å². The summed E-state index contributed by atoms with van der Waals surface area (Å²) in [6, 6.07) is 7.14. The number of benzene rings is 1. The maximum Gasteiger partial charge on any atom is 0.369 e. The molecule has 0 aliphatic heterocycles. The molecule has 0 spiro atoms. The van der Waals surface area contributed by atoms with Crippen LogP contribution in [0.4, 0.5) is 5.69 Å². The molecule has 7 N–H and O–H groups in total. The summed E-state index contributed by atoms with van der Waals surface area (Å²) in [4.78, 5) is 59.4. The zero-order chi connectivity index (χ0) is 21.6. The molecule has 28 heavy (non-hydrogen) atoms. The molecular weight excluding hydrogens is 414 g/mol. The highest BCUT2D eigenvalue weighted by Crippen LogP contribution is 2.68. The van der Waals surface area contributed by atoms with E-state index in [1.54, 1.807) is 12.1 Å². The molecule has 0 saturated heterocycles. The van der Waals surface area contributed by atoms with E-state index in [1.807, 2.05) is 19.1 Å². The SMILES string of the molecule is Cc1ccc(NC(=O)CCCC(=O)NCCC(O)(P(=O)(O)O)P(=O)(O)O)cc1. The smallest absolute Gasteiger partial charge is 0.367 e. The van der Waals surface area contributed by atoms with E-state index in [9.17, 15) is 23.8 Å². The van der Waals surface area contributed by atoms with Crippen LogP contribution in [-0.4, -0.2) is 48.1 Å². The van der Waals surface area contributed by atoms with E-state index in [0.29, 0.717) is 5.69 Å². The van der Waals surface area contributed by atoms with Gasteiger partial charge in [0, 0.05) is 31.5 Å². The van der Waals surface area contributed by atoms with Gasteiger partial charge in [-0.15, -0.1) is 0 Å². The Labute approximate surface area is 161 Å². The van der Waals surface area contributed by atoms with Gasteiger partial charge in [0.15, 0.2) is 0 Å². The van der Waals surface area contributed by atoms with Crippen LogP contribution in [0.1, 0.15) is 31.2 Å². The molecule has 0 aliphatic rings. The topological polar surface area (TPSA) is 193 Å². The molecule has 13 heteroatoms. The Hall–Kier alpha value is -1.58. The lowest BCUT2D eigenvalue weighted by atomic mass is 10.2. The molecule has 0 aromatic heterocycles. The fraction of sp³-hybridized carbons (Fsp3) is 0.467. The predicted molar refractivity (Wildman–Crippen MR) is 100 cm³/mol. The number of carbonyl (C=O) groups is 2. The van der Waals surface area contributed by atoms with Crippen LogP contribution in [0.15, 0.2) is 24.3 Å². The summed E-state index contributed by atoms with van der Waals surface area (Å²) in [6.45, 7) is 1.34. The first-order valence-corrected chi connectivity index (χ1v) is 11.5. The van der Waals surface area contributed by atoms with Crippen molar-refractivity contribution in [3.63, 3.8) is 0 Å². The Bertz CT molecular complexity index is 763. The molecule has 0 heterocycles. The molecule has 0 saturated carbocycles. The highest BCUT2D eigenvalue weighted by molar-refractivity contribution is 7.72. The van der Waals surface area contributed by atoms with E-state index in [2.05, 4.69) is 10.6 Å². The minimum absolute atomic E-state index is 0.0518. The number of aryl methyl sites for hydroxylation is 1. The van der Waals surface area contributed by atoms with E-state index in [-0.39, 0.29) is 25.2 Å². The molecule has 158 valence electrons. The fourth-order valence-corrected chi connectivity index (χ4v) is 4.35. The van der Waals surface area contributed by atoms with Crippen LogP contribution >= 0.6 is 15.2 Å². The minimum atomic E-state index is -5.55. The van der Waals surface area contributed by atoms with Crippen LogP contribution in [0, 0.1) is 6.92 Å². The van der Waals surface area contributed by atoms with Gasteiger partial charge < -0.3 is 35.3 Å². The average Bonchev–Trinajstić information content (AvgIpc) is 2.54. The third kappa shape index (κ3) is 7.10. The van der Waals surface area contributed by atoms with Crippen LogP contribution in [0.3, 0.4) is 0 Å². The Morgan fingerprint density at radius 1 is 0.964 bits per heavy atom. The van der Waals surface area contributed by atoms with Gasteiger partial charge in [0.1, 0.15) is 0 Å². The maximum absolute atomic E-state index is 11.8. The van der Waals surface area contributed by atoms with Crippen LogP contribution < -0.4 is 10.6 Å². The number of rotatable bonds is 10. The number of nitrogens with one attached hydrogen (secondary N) is 2. The molecule has 0 unspecified atom stereocenters. The van der Waals surface area contributed by atoms with E-state index in [0.717, 1.165) is 5.56 Å². The third-order valence-corrected chi connectivity index (χ3v) is 7.74. The van der Waals surface area contributed by atoms with Crippen molar-refractivity contribution in [2.45, 2.75) is 37.7 Å². The summed E-state index contributed by atoms with van der Waals surface area (Å²) in [5.41, 5.74) is 1.66. The van der Waals surface area contributed by atoms with Gasteiger partial charge in [-0.25, -0.2) is 0 Å². The van der Waals surface area contributed by atoms with Crippen molar-refractivity contribution in [1.82, 2.24) is 5.32 Å². The lowest BCUT2D eigenvalue weighted by Crippen LogP contribution is -2.35.